The summed E-state index contributed by atoms with van der Waals surface area (Å²) in [5.41, 5.74) is -0.574. The molecule has 0 aromatic carbocycles. The maximum Gasteiger partial charge on any atom is 0.311 e. The molecule has 0 aromatic heterocycles. The molecular weight excluding hydrogens is 753 g/mol. The highest BCUT2D eigenvalue weighted by Gasteiger charge is 2.68. The molecule has 7 rings (SSSR count). The van der Waals surface area contributed by atoms with Crippen LogP contribution in [-0.4, -0.2) is 81.4 Å². The molecule has 1 saturated heterocycles. The predicted octanol–water partition coefficient (Wildman–Crippen LogP) is 6.94. The molecule has 0 radical (unpaired) electrons. The number of rotatable bonds is 9. The Labute approximate surface area is 350 Å². The molecule has 3 saturated carbocycles. The Bertz CT molecular complexity index is 1740. The van der Waals surface area contributed by atoms with E-state index >= 15 is 0 Å². The molecule has 14 atom stereocenters. The summed E-state index contributed by atoms with van der Waals surface area (Å²) in [7, 11) is 0. The van der Waals surface area contributed by atoms with Crippen LogP contribution in [0.15, 0.2) is 35.5 Å². The molecule has 328 valence electrons. The zero-order chi connectivity index (χ0) is 43.2. The van der Waals surface area contributed by atoms with Crippen LogP contribution in [-0.2, 0) is 38.2 Å². The molecule has 4 fully saturated rings. The lowest BCUT2D eigenvalue weighted by Gasteiger charge is -2.60. The molecule has 11 nitrogen and oxygen atoms in total. The Balaban J connectivity index is 0.000000198. The summed E-state index contributed by atoms with van der Waals surface area (Å²) in [6.45, 7) is 15.2. The number of hydrogen-bond donors (Lipinski definition) is 3. The first-order valence-corrected chi connectivity index (χ1v) is 22.4. The first-order valence-electron chi connectivity index (χ1n) is 22.4. The van der Waals surface area contributed by atoms with Gasteiger partial charge in [0.15, 0.2) is 12.4 Å². The van der Waals surface area contributed by atoms with Gasteiger partial charge in [-0.15, -0.1) is 0 Å². The van der Waals surface area contributed by atoms with Gasteiger partial charge >= 0.3 is 17.9 Å². The van der Waals surface area contributed by atoms with Crippen molar-refractivity contribution < 1.29 is 53.5 Å². The van der Waals surface area contributed by atoms with E-state index in [4.69, 9.17) is 14.2 Å². The van der Waals surface area contributed by atoms with Crippen molar-refractivity contribution in [1.29, 1.82) is 0 Å². The first-order chi connectivity index (χ1) is 27.6. The number of ketones is 2. The van der Waals surface area contributed by atoms with Crippen LogP contribution in [0.4, 0.5) is 0 Å². The molecule has 1 aliphatic heterocycles. The quantitative estimate of drug-likeness (QED) is 0.162. The summed E-state index contributed by atoms with van der Waals surface area (Å²) in [4.78, 5) is 60.5. The Morgan fingerprint density at radius 1 is 1.02 bits per heavy atom. The summed E-state index contributed by atoms with van der Waals surface area (Å²) >= 11 is 0. The van der Waals surface area contributed by atoms with Crippen molar-refractivity contribution in [2.75, 3.05) is 6.61 Å². The second kappa shape index (κ2) is 17.3. The SMILES string of the molecule is CC(=O)OCC(=O)[C@@]1(O)CC[C@H]2[C@@H]3CCC4=CC(=O)CC[C@]4(C)[C@H]3[C@@H](O)C[C@@]21C.CCC(C)(C)C(=O)O[C@H]1C[C@@H](C)C=C2C=C[C@H](C)[C@H](CC[C@@H]3C[C@@H](O)CC(=O)O3)[C@H]21. The standard InChI is InChI=1S/C25H38O5.C23H32O6/c1-6-25(4,5)24(28)30-21-12-15(2)11-17-8-7-16(3)20(23(17)21)10-9-19-13-18(26)14-22(27)29-19;1-13(24)29-12-19(27)23(28)9-7-17-16-5-4-14-10-15(25)6-8-21(14,2)20(16)18(26)11-22(17,23)3/h7-8,11,15-16,18-21,23,26H,6,9-10,12-14H2,1-5H3;10,16-18,20,26,28H,4-9,11-12H2,1-3H3/t15-,16-,18+,19+,20-,21-,23-;16-,17-,18-,20+,21-,22-,23-/m00/s1. The molecule has 59 heavy (non-hydrogen) atoms. The fourth-order valence-corrected chi connectivity index (χ4v) is 12.5. The van der Waals surface area contributed by atoms with Crippen LogP contribution in [0, 0.1) is 57.7 Å². The van der Waals surface area contributed by atoms with E-state index in [9.17, 15) is 39.3 Å². The van der Waals surface area contributed by atoms with E-state index in [2.05, 4.69) is 39.0 Å². The molecule has 0 amide bonds. The van der Waals surface area contributed by atoms with Crippen LogP contribution in [0.25, 0.3) is 0 Å². The Kier molecular flexibility index (Phi) is 13.3. The highest BCUT2D eigenvalue weighted by atomic mass is 16.6. The molecule has 3 N–H and O–H groups in total. The van der Waals surface area contributed by atoms with Gasteiger partial charge in [0.2, 0.25) is 5.78 Å². The zero-order valence-corrected chi connectivity index (χ0v) is 36.7. The van der Waals surface area contributed by atoms with Gasteiger partial charge in [-0.3, -0.25) is 24.0 Å². The second-order valence-corrected chi connectivity index (χ2v) is 20.4. The van der Waals surface area contributed by atoms with Gasteiger partial charge in [0.1, 0.15) is 17.8 Å². The zero-order valence-electron chi connectivity index (χ0n) is 36.7. The van der Waals surface area contributed by atoms with Crippen molar-refractivity contribution in [3.05, 3.63) is 35.5 Å². The molecule has 0 unspecified atom stereocenters. The third-order valence-electron chi connectivity index (χ3n) is 16.3. The van der Waals surface area contributed by atoms with Crippen LogP contribution in [0.5, 0.6) is 0 Å². The van der Waals surface area contributed by atoms with E-state index < -0.39 is 47.0 Å². The average Bonchev–Trinajstić information content (AvgIpc) is 3.43. The third-order valence-corrected chi connectivity index (χ3v) is 16.3. The highest BCUT2D eigenvalue weighted by Crippen LogP contribution is 2.67. The number of carbonyl (C=O) groups is 5. The lowest BCUT2D eigenvalue weighted by atomic mass is 9.45. The van der Waals surface area contributed by atoms with Gasteiger partial charge in [0, 0.05) is 31.1 Å². The number of cyclic esters (lactones) is 1. The smallest absolute Gasteiger partial charge is 0.311 e. The van der Waals surface area contributed by atoms with E-state index in [0.717, 1.165) is 56.9 Å². The summed E-state index contributed by atoms with van der Waals surface area (Å²) in [5.74, 6) is 0.314. The maximum absolute atomic E-state index is 12.9. The fourth-order valence-electron chi connectivity index (χ4n) is 12.5. The predicted molar refractivity (Wildman–Crippen MR) is 220 cm³/mol. The summed E-state index contributed by atoms with van der Waals surface area (Å²) in [6, 6.07) is 0. The maximum atomic E-state index is 12.9. The molecular formula is C48H70O11. The highest BCUT2D eigenvalue weighted by molar-refractivity contribution is 5.92. The van der Waals surface area contributed by atoms with Gasteiger partial charge in [-0.05, 0) is 131 Å². The minimum Gasteiger partial charge on any atom is -0.462 e. The van der Waals surface area contributed by atoms with Crippen LogP contribution in [0.3, 0.4) is 0 Å². The van der Waals surface area contributed by atoms with E-state index in [1.807, 2.05) is 27.7 Å². The number of allylic oxidation sites excluding steroid dienone is 4. The largest absolute Gasteiger partial charge is 0.462 e. The minimum absolute atomic E-state index is 0.0413. The van der Waals surface area contributed by atoms with Crippen molar-refractivity contribution in [2.45, 2.75) is 169 Å². The number of hydrogen-bond acceptors (Lipinski definition) is 11. The van der Waals surface area contributed by atoms with Gasteiger partial charge in [-0.25, -0.2) is 0 Å². The van der Waals surface area contributed by atoms with E-state index in [-0.39, 0.29) is 65.4 Å². The van der Waals surface area contributed by atoms with Crippen molar-refractivity contribution >= 4 is 29.5 Å². The normalized spacial score (nSPS) is 41.3. The minimum atomic E-state index is -1.58. The van der Waals surface area contributed by atoms with Crippen molar-refractivity contribution in [3.8, 4) is 0 Å². The second-order valence-electron chi connectivity index (χ2n) is 20.4. The molecule has 0 bridgehead atoms. The van der Waals surface area contributed by atoms with Gasteiger partial charge in [-0.2, -0.15) is 0 Å². The summed E-state index contributed by atoms with van der Waals surface area (Å²) in [6.07, 6.45) is 15.1. The Morgan fingerprint density at radius 2 is 1.75 bits per heavy atom. The number of aliphatic hydroxyl groups is 3. The number of carbonyl (C=O) groups excluding carboxylic acids is 5. The van der Waals surface area contributed by atoms with Crippen LogP contribution >= 0.6 is 0 Å². The lowest BCUT2D eigenvalue weighted by Crippen LogP contribution is -2.62. The van der Waals surface area contributed by atoms with Gasteiger partial charge in [0.25, 0.3) is 0 Å². The van der Waals surface area contributed by atoms with E-state index in [1.54, 1.807) is 6.08 Å². The van der Waals surface area contributed by atoms with Crippen molar-refractivity contribution in [3.63, 3.8) is 0 Å². The number of ether oxygens (including phenoxy) is 3. The molecule has 11 heteroatoms. The molecule has 6 aliphatic carbocycles. The molecule has 0 spiro atoms. The molecule has 7 aliphatic rings. The number of esters is 3. The topological polar surface area (TPSA) is 174 Å². The van der Waals surface area contributed by atoms with Crippen molar-refractivity contribution in [2.24, 2.45) is 57.7 Å². The number of Topliss-reactive ketones (excluding diaryl/α,β-unsaturated/α-hetero) is 1. The summed E-state index contributed by atoms with van der Waals surface area (Å²) in [5, 5.41) is 32.7. The Hall–Kier alpha value is -3.15. The summed E-state index contributed by atoms with van der Waals surface area (Å²) < 4.78 is 16.5. The molecule has 1 heterocycles. The fraction of sp³-hybridized carbons (Fsp3) is 0.771. The first kappa shape index (κ1) is 45.4. The van der Waals surface area contributed by atoms with Crippen LogP contribution < -0.4 is 0 Å². The van der Waals surface area contributed by atoms with E-state index in [1.165, 1.54) is 12.5 Å². The van der Waals surface area contributed by atoms with E-state index in [0.29, 0.717) is 43.4 Å². The monoisotopic (exact) mass is 822 g/mol. The van der Waals surface area contributed by atoms with Gasteiger partial charge in [0.05, 0.1) is 24.0 Å². The average molecular weight is 823 g/mol. The van der Waals surface area contributed by atoms with Crippen LogP contribution in [0.1, 0.15) is 139 Å². The number of aliphatic hydroxyl groups excluding tert-OH is 2. The number of fused-ring (bicyclic) bond motifs is 6. The van der Waals surface area contributed by atoms with Gasteiger partial charge < -0.3 is 29.5 Å². The molecule has 0 aromatic rings. The third kappa shape index (κ3) is 8.81. The van der Waals surface area contributed by atoms with Crippen LogP contribution in [0.2, 0.25) is 0 Å². The van der Waals surface area contributed by atoms with Crippen molar-refractivity contribution in [1.82, 2.24) is 0 Å². The Morgan fingerprint density at radius 3 is 2.42 bits per heavy atom. The van der Waals surface area contributed by atoms with Gasteiger partial charge in [-0.1, -0.05) is 58.4 Å². The lowest BCUT2D eigenvalue weighted by molar-refractivity contribution is -0.184.